The van der Waals surface area contributed by atoms with Gasteiger partial charge in [-0.05, 0) is 25.0 Å². The molecule has 8 heteroatoms. The number of pyridine rings is 1. The lowest BCUT2D eigenvalue weighted by Gasteiger charge is -2.25. The molecule has 3 aromatic rings. The molecule has 0 bridgehead atoms. The van der Waals surface area contributed by atoms with Crippen molar-refractivity contribution in [3.63, 3.8) is 0 Å². The molecule has 2 aromatic heterocycles. The molecule has 1 saturated heterocycles. The second-order valence-corrected chi connectivity index (χ2v) is 9.83. The van der Waals surface area contributed by atoms with Crippen LogP contribution >= 0.6 is 11.3 Å². The van der Waals surface area contributed by atoms with E-state index in [1.54, 1.807) is 27.8 Å². The van der Waals surface area contributed by atoms with Crippen LogP contribution in [0.15, 0.2) is 58.9 Å². The SMILES string of the molecule is O=S(=O)(c1ccc(NCCc2csc(-c3ccccc3)n2)nc1)N1CCCCC1. The van der Waals surface area contributed by atoms with Gasteiger partial charge in [0.2, 0.25) is 10.0 Å². The lowest BCUT2D eigenvalue weighted by Crippen LogP contribution is -2.35. The number of hydrogen-bond acceptors (Lipinski definition) is 6. The van der Waals surface area contributed by atoms with E-state index in [1.165, 1.54) is 6.20 Å². The van der Waals surface area contributed by atoms with Gasteiger partial charge in [-0.2, -0.15) is 4.31 Å². The van der Waals surface area contributed by atoms with Crippen LogP contribution in [0.1, 0.15) is 25.0 Å². The Morgan fingerprint density at radius 1 is 1.03 bits per heavy atom. The summed E-state index contributed by atoms with van der Waals surface area (Å²) in [5.74, 6) is 0.668. The van der Waals surface area contributed by atoms with Crippen LogP contribution in [0.5, 0.6) is 0 Å². The molecule has 4 rings (SSSR count). The van der Waals surface area contributed by atoms with Gasteiger partial charge in [0.05, 0.1) is 5.69 Å². The predicted octanol–water partition coefficient (Wildman–Crippen LogP) is 4.03. The first-order chi connectivity index (χ1) is 14.1. The Hall–Kier alpha value is -2.29. The van der Waals surface area contributed by atoms with Crippen LogP contribution in [0, 0.1) is 0 Å². The first-order valence-electron chi connectivity index (χ1n) is 9.83. The summed E-state index contributed by atoms with van der Waals surface area (Å²) in [6, 6.07) is 13.5. The van der Waals surface area contributed by atoms with E-state index in [0.29, 0.717) is 25.5 Å². The minimum Gasteiger partial charge on any atom is -0.370 e. The maximum atomic E-state index is 12.7. The molecular weight excluding hydrogens is 404 g/mol. The van der Waals surface area contributed by atoms with Gasteiger partial charge in [0, 0.05) is 43.2 Å². The molecule has 6 nitrogen and oxygen atoms in total. The summed E-state index contributed by atoms with van der Waals surface area (Å²) in [6.07, 6.45) is 5.17. The molecule has 3 heterocycles. The van der Waals surface area contributed by atoms with Gasteiger partial charge in [-0.3, -0.25) is 0 Å². The lowest BCUT2D eigenvalue weighted by molar-refractivity contribution is 0.346. The molecule has 1 fully saturated rings. The summed E-state index contributed by atoms with van der Waals surface area (Å²) < 4.78 is 26.9. The van der Waals surface area contributed by atoms with Gasteiger partial charge in [0.15, 0.2) is 0 Å². The van der Waals surface area contributed by atoms with Gasteiger partial charge in [0.25, 0.3) is 0 Å². The molecule has 0 unspecified atom stereocenters. The van der Waals surface area contributed by atoms with Gasteiger partial charge >= 0.3 is 0 Å². The van der Waals surface area contributed by atoms with E-state index < -0.39 is 10.0 Å². The molecule has 0 atom stereocenters. The van der Waals surface area contributed by atoms with E-state index >= 15 is 0 Å². The zero-order valence-corrected chi connectivity index (χ0v) is 17.8. The fraction of sp³-hybridized carbons (Fsp3) is 0.333. The number of aromatic nitrogens is 2. The van der Waals surface area contributed by atoms with Crippen molar-refractivity contribution in [2.75, 3.05) is 25.0 Å². The summed E-state index contributed by atoms with van der Waals surface area (Å²) in [5.41, 5.74) is 2.16. The number of nitrogens with one attached hydrogen (secondary N) is 1. The highest BCUT2D eigenvalue weighted by molar-refractivity contribution is 7.89. The molecular formula is C21H24N4O2S2. The standard InChI is InChI=1S/C21H24N4O2S2/c26-29(27,25-13-5-2-6-14-25)19-9-10-20(23-15-19)22-12-11-18-16-28-21(24-18)17-7-3-1-4-8-17/h1,3-4,7-10,15-16H,2,5-6,11-14H2,(H,22,23). The molecule has 0 amide bonds. The molecule has 0 spiro atoms. The van der Waals surface area contributed by atoms with Crippen molar-refractivity contribution in [3.05, 3.63) is 59.7 Å². The topological polar surface area (TPSA) is 75.2 Å². The van der Waals surface area contributed by atoms with Crippen molar-refractivity contribution in [1.82, 2.24) is 14.3 Å². The number of nitrogens with zero attached hydrogens (tertiary/aromatic N) is 3. The minimum atomic E-state index is -3.43. The Balaban J connectivity index is 1.32. The molecule has 1 aliphatic rings. The zero-order chi connectivity index (χ0) is 20.1. The van der Waals surface area contributed by atoms with Crippen LogP contribution < -0.4 is 5.32 Å². The average molecular weight is 429 g/mol. The van der Waals surface area contributed by atoms with Crippen LogP contribution in [-0.4, -0.2) is 42.3 Å². The predicted molar refractivity (Wildman–Crippen MR) is 117 cm³/mol. The Morgan fingerprint density at radius 3 is 2.55 bits per heavy atom. The first-order valence-corrected chi connectivity index (χ1v) is 12.1. The van der Waals surface area contributed by atoms with Gasteiger partial charge in [-0.1, -0.05) is 36.8 Å². The van der Waals surface area contributed by atoms with E-state index in [1.807, 2.05) is 18.2 Å². The second kappa shape index (κ2) is 9.02. The lowest BCUT2D eigenvalue weighted by atomic mass is 10.2. The number of rotatable bonds is 7. The van der Waals surface area contributed by atoms with E-state index in [9.17, 15) is 8.42 Å². The third-order valence-corrected chi connectivity index (χ3v) is 7.77. The largest absolute Gasteiger partial charge is 0.370 e. The highest BCUT2D eigenvalue weighted by Crippen LogP contribution is 2.24. The Labute approximate surface area is 175 Å². The summed E-state index contributed by atoms with van der Waals surface area (Å²) in [4.78, 5) is 9.23. The van der Waals surface area contributed by atoms with Gasteiger partial charge in [-0.25, -0.2) is 18.4 Å². The average Bonchev–Trinajstić information content (AvgIpc) is 3.24. The number of hydrogen-bond donors (Lipinski definition) is 1. The minimum absolute atomic E-state index is 0.261. The second-order valence-electron chi connectivity index (χ2n) is 7.03. The van der Waals surface area contributed by atoms with Crippen molar-refractivity contribution >= 4 is 27.2 Å². The Bertz CT molecular complexity index is 1030. The van der Waals surface area contributed by atoms with E-state index in [0.717, 1.165) is 41.9 Å². The summed E-state index contributed by atoms with van der Waals surface area (Å²) in [5, 5.41) is 6.34. The van der Waals surface area contributed by atoms with E-state index in [2.05, 4.69) is 32.8 Å². The van der Waals surface area contributed by atoms with Crippen molar-refractivity contribution in [2.24, 2.45) is 0 Å². The first kappa shape index (κ1) is 20.0. The van der Waals surface area contributed by atoms with Crippen LogP contribution in [0.4, 0.5) is 5.82 Å². The third-order valence-electron chi connectivity index (χ3n) is 4.95. The van der Waals surface area contributed by atoms with E-state index in [4.69, 9.17) is 0 Å². The summed E-state index contributed by atoms with van der Waals surface area (Å²) >= 11 is 1.64. The highest BCUT2D eigenvalue weighted by Gasteiger charge is 2.26. The Morgan fingerprint density at radius 2 is 1.83 bits per heavy atom. The van der Waals surface area contributed by atoms with Crippen molar-refractivity contribution in [3.8, 4) is 10.6 Å². The third kappa shape index (κ3) is 4.83. The normalized spacial score (nSPS) is 15.3. The van der Waals surface area contributed by atoms with Crippen LogP contribution in [-0.2, 0) is 16.4 Å². The van der Waals surface area contributed by atoms with Crippen molar-refractivity contribution in [2.45, 2.75) is 30.6 Å². The van der Waals surface area contributed by atoms with Crippen molar-refractivity contribution < 1.29 is 8.42 Å². The number of thiazole rings is 1. The molecule has 1 aliphatic heterocycles. The molecule has 29 heavy (non-hydrogen) atoms. The fourth-order valence-corrected chi connectivity index (χ4v) is 5.67. The molecule has 1 N–H and O–H groups in total. The molecule has 0 aliphatic carbocycles. The highest BCUT2D eigenvalue weighted by atomic mass is 32.2. The number of sulfonamides is 1. The van der Waals surface area contributed by atoms with Gasteiger partial charge in [-0.15, -0.1) is 11.3 Å². The zero-order valence-electron chi connectivity index (χ0n) is 16.1. The summed E-state index contributed by atoms with van der Waals surface area (Å²) in [6.45, 7) is 1.88. The van der Waals surface area contributed by atoms with Gasteiger partial charge in [0.1, 0.15) is 15.7 Å². The van der Waals surface area contributed by atoms with Crippen LogP contribution in [0.2, 0.25) is 0 Å². The number of piperidine rings is 1. The fourth-order valence-electron chi connectivity index (χ4n) is 3.35. The molecule has 1 aromatic carbocycles. The van der Waals surface area contributed by atoms with Gasteiger partial charge < -0.3 is 5.32 Å². The maximum Gasteiger partial charge on any atom is 0.244 e. The molecule has 0 saturated carbocycles. The van der Waals surface area contributed by atoms with Crippen LogP contribution in [0.25, 0.3) is 10.6 Å². The van der Waals surface area contributed by atoms with Crippen LogP contribution in [0.3, 0.4) is 0 Å². The number of anilines is 1. The monoisotopic (exact) mass is 428 g/mol. The van der Waals surface area contributed by atoms with E-state index in [-0.39, 0.29) is 4.90 Å². The molecule has 152 valence electrons. The maximum absolute atomic E-state index is 12.7. The summed E-state index contributed by atoms with van der Waals surface area (Å²) in [7, 11) is -3.43. The number of benzene rings is 1. The smallest absolute Gasteiger partial charge is 0.244 e. The molecule has 0 radical (unpaired) electrons. The quantitative estimate of drug-likeness (QED) is 0.615. The Kier molecular flexibility index (Phi) is 6.22. The van der Waals surface area contributed by atoms with Crippen molar-refractivity contribution in [1.29, 1.82) is 0 Å².